The Morgan fingerprint density at radius 2 is 1.95 bits per heavy atom. The van der Waals surface area contributed by atoms with E-state index in [-0.39, 0.29) is 0 Å². The van der Waals surface area contributed by atoms with Crippen LogP contribution >= 0.6 is 12.2 Å². The van der Waals surface area contributed by atoms with Gasteiger partial charge in [0.2, 0.25) is 0 Å². The molecular weight excluding hydrogens is 256 g/mol. The average molecular weight is 278 g/mol. The van der Waals surface area contributed by atoms with Gasteiger partial charge in [-0.25, -0.2) is 0 Å². The zero-order valence-corrected chi connectivity index (χ0v) is 12.3. The monoisotopic (exact) mass is 278 g/mol. The third-order valence-corrected chi connectivity index (χ3v) is 3.86. The first-order valence-electron chi connectivity index (χ1n) is 6.90. The zero-order valence-electron chi connectivity index (χ0n) is 11.5. The molecule has 0 spiro atoms. The van der Waals surface area contributed by atoms with Gasteiger partial charge in [-0.1, -0.05) is 31.1 Å². The SMILES string of the molecule is COc1cc(CN2CCCCCC2)ccc1C(N)=S. The van der Waals surface area contributed by atoms with Gasteiger partial charge >= 0.3 is 0 Å². The number of rotatable bonds is 4. The first-order valence-corrected chi connectivity index (χ1v) is 7.30. The van der Waals surface area contributed by atoms with E-state index in [9.17, 15) is 0 Å². The Kier molecular flexibility index (Phi) is 5.16. The van der Waals surface area contributed by atoms with Gasteiger partial charge in [0, 0.05) is 6.54 Å². The van der Waals surface area contributed by atoms with Crippen LogP contribution in [0.5, 0.6) is 5.75 Å². The number of nitrogens with zero attached hydrogens (tertiary/aromatic N) is 1. The van der Waals surface area contributed by atoms with Gasteiger partial charge in [0.05, 0.1) is 12.7 Å². The van der Waals surface area contributed by atoms with Crippen LogP contribution in [-0.4, -0.2) is 30.1 Å². The standard InChI is InChI=1S/C15H22N2OS/c1-18-14-10-12(6-7-13(14)15(16)19)11-17-8-4-2-3-5-9-17/h6-7,10H,2-5,8-9,11H2,1H3,(H2,16,19). The molecule has 104 valence electrons. The third kappa shape index (κ3) is 3.91. The third-order valence-electron chi connectivity index (χ3n) is 3.64. The molecule has 4 heteroatoms. The minimum absolute atomic E-state index is 0.387. The summed E-state index contributed by atoms with van der Waals surface area (Å²) in [5.74, 6) is 0.778. The number of thiocarbonyl (C=S) groups is 1. The molecule has 0 unspecified atom stereocenters. The van der Waals surface area contributed by atoms with E-state index in [1.807, 2.05) is 6.07 Å². The summed E-state index contributed by atoms with van der Waals surface area (Å²) in [4.78, 5) is 2.90. The lowest BCUT2D eigenvalue weighted by Gasteiger charge is -2.20. The average Bonchev–Trinajstić information content (AvgIpc) is 2.67. The highest BCUT2D eigenvalue weighted by Gasteiger charge is 2.12. The van der Waals surface area contributed by atoms with E-state index in [1.165, 1.54) is 44.3 Å². The number of likely N-dealkylation sites (tertiary alicyclic amines) is 1. The van der Waals surface area contributed by atoms with E-state index in [4.69, 9.17) is 22.7 Å². The van der Waals surface area contributed by atoms with E-state index in [2.05, 4.69) is 17.0 Å². The molecule has 1 aliphatic heterocycles. The highest BCUT2D eigenvalue weighted by molar-refractivity contribution is 7.80. The van der Waals surface area contributed by atoms with E-state index >= 15 is 0 Å². The number of benzene rings is 1. The van der Waals surface area contributed by atoms with Crippen molar-refractivity contribution in [3.8, 4) is 5.75 Å². The summed E-state index contributed by atoms with van der Waals surface area (Å²) in [7, 11) is 1.66. The Labute approximate surface area is 120 Å². The summed E-state index contributed by atoms with van der Waals surface area (Å²) < 4.78 is 5.38. The molecule has 0 aliphatic carbocycles. The van der Waals surface area contributed by atoms with Crippen molar-refractivity contribution in [3.63, 3.8) is 0 Å². The van der Waals surface area contributed by atoms with E-state index < -0.39 is 0 Å². The molecule has 0 saturated carbocycles. The largest absolute Gasteiger partial charge is 0.496 e. The van der Waals surface area contributed by atoms with E-state index in [1.54, 1.807) is 7.11 Å². The summed E-state index contributed by atoms with van der Waals surface area (Å²) in [6, 6.07) is 6.12. The van der Waals surface area contributed by atoms with Gasteiger partial charge < -0.3 is 10.5 Å². The van der Waals surface area contributed by atoms with Gasteiger partial charge in [0.1, 0.15) is 10.7 Å². The second-order valence-electron chi connectivity index (χ2n) is 5.09. The van der Waals surface area contributed by atoms with Crippen molar-refractivity contribution in [1.82, 2.24) is 4.90 Å². The smallest absolute Gasteiger partial charge is 0.129 e. The fourth-order valence-corrected chi connectivity index (χ4v) is 2.76. The van der Waals surface area contributed by atoms with Crippen LogP contribution in [0.1, 0.15) is 36.8 Å². The summed E-state index contributed by atoms with van der Waals surface area (Å²) in [5, 5.41) is 0. The van der Waals surface area contributed by atoms with Crippen molar-refractivity contribution in [1.29, 1.82) is 0 Å². The van der Waals surface area contributed by atoms with Crippen molar-refractivity contribution >= 4 is 17.2 Å². The van der Waals surface area contributed by atoms with Crippen LogP contribution in [0, 0.1) is 0 Å². The molecular formula is C15H22N2OS. The van der Waals surface area contributed by atoms with Gasteiger partial charge in [0.15, 0.2) is 0 Å². The first-order chi connectivity index (χ1) is 9.20. The molecule has 3 nitrogen and oxygen atoms in total. The Morgan fingerprint density at radius 1 is 1.26 bits per heavy atom. The normalized spacial score (nSPS) is 16.9. The fraction of sp³-hybridized carbons (Fsp3) is 0.533. The molecule has 1 aliphatic rings. The summed E-state index contributed by atoms with van der Waals surface area (Å²) in [6.07, 6.45) is 5.34. The second-order valence-corrected chi connectivity index (χ2v) is 5.53. The minimum atomic E-state index is 0.387. The number of hydrogen-bond acceptors (Lipinski definition) is 3. The highest BCUT2D eigenvalue weighted by atomic mass is 32.1. The van der Waals surface area contributed by atoms with Crippen LogP contribution in [0.15, 0.2) is 18.2 Å². The molecule has 1 heterocycles. The maximum Gasteiger partial charge on any atom is 0.129 e. The van der Waals surface area contributed by atoms with Crippen molar-refractivity contribution < 1.29 is 4.74 Å². The van der Waals surface area contributed by atoms with Crippen LogP contribution in [0.2, 0.25) is 0 Å². The summed E-state index contributed by atoms with van der Waals surface area (Å²) >= 11 is 5.03. The quantitative estimate of drug-likeness (QED) is 0.860. The topological polar surface area (TPSA) is 38.5 Å². The second kappa shape index (κ2) is 6.87. The molecule has 19 heavy (non-hydrogen) atoms. The van der Waals surface area contributed by atoms with Crippen LogP contribution in [0.25, 0.3) is 0 Å². The fourth-order valence-electron chi connectivity index (χ4n) is 2.59. The molecule has 0 amide bonds. The molecule has 2 rings (SSSR count). The predicted octanol–water partition coefficient (Wildman–Crippen LogP) is 2.71. The van der Waals surface area contributed by atoms with Crippen molar-refractivity contribution in [2.75, 3.05) is 20.2 Å². The number of nitrogens with two attached hydrogens (primary N) is 1. The summed E-state index contributed by atoms with van der Waals surface area (Å²) in [6.45, 7) is 3.37. The van der Waals surface area contributed by atoms with Gasteiger partial charge in [-0.3, -0.25) is 4.90 Å². The molecule has 0 aromatic heterocycles. The molecule has 0 atom stereocenters. The Balaban J connectivity index is 2.09. The van der Waals surface area contributed by atoms with Gasteiger partial charge in [-0.05, 0) is 43.6 Å². The molecule has 0 radical (unpaired) electrons. The lowest BCUT2D eigenvalue weighted by molar-refractivity contribution is 0.276. The lowest BCUT2D eigenvalue weighted by Crippen LogP contribution is -2.24. The Morgan fingerprint density at radius 3 is 2.53 bits per heavy atom. The molecule has 0 bridgehead atoms. The van der Waals surface area contributed by atoms with Crippen molar-refractivity contribution in [2.45, 2.75) is 32.2 Å². The molecule has 1 saturated heterocycles. The van der Waals surface area contributed by atoms with Gasteiger partial charge in [0.25, 0.3) is 0 Å². The summed E-state index contributed by atoms with van der Waals surface area (Å²) in [5.41, 5.74) is 7.77. The van der Waals surface area contributed by atoms with E-state index in [0.717, 1.165) is 17.9 Å². The maximum atomic E-state index is 5.69. The lowest BCUT2D eigenvalue weighted by atomic mass is 10.1. The van der Waals surface area contributed by atoms with E-state index in [0.29, 0.717) is 4.99 Å². The molecule has 1 aromatic rings. The van der Waals surface area contributed by atoms with Crippen molar-refractivity contribution in [3.05, 3.63) is 29.3 Å². The molecule has 2 N–H and O–H groups in total. The van der Waals surface area contributed by atoms with Crippen LogP contribution in [0.3, 0.4) is 0 Å². The van der Waals surface area contributed by atoms with Gasteiger partial charge in [-0.15, -0.1) is 0 Å². The number of methoxy groups -OCH3 is 1. The predicted molar refractivity (Wildman–Crippen MR) is 82.6 cm³/mol. The van der Waals surface area contributed by atoms with Gasteiger partial charge in [-0.2, -0.15) is 0 Å². The number of ether oxygens (including phenoxy) is 1. The maximum absolute atomic E-state index is 5.69. The number of hydrogen-bond donors (Lipinski definition) is 1. The minimum Gasteiger partial charge on any atom is -0.496 e. The Bertz CT molecular complexity index is 440. The van der Waals surface area contributed by atoms with Crippen LogP contribution in [0.4, 0.5) is 0 Å². The Hall–Kier alpha value is -1.13. The zero-order chi connectivity index (χ0) is 13.7. The van der Waals surface area contributed by atoms with Crippen molar-refractivity contribution in [2.24, 2.45) is 5.73 Å². The first kappa shape index (κ1) is 14.3. The van der Waals surface area contributed by atoms with Crippen LogP contribution in [-0.2, 0) is 6.54 Å². The molecule has 1 aromatic carbocycles. The highest BCUT2D eigenvalue weighted by Crippen LogP contribution is 2.22. The van der Waals surface area contributed by atoms with Crippen LogP contribution < -0.4 is 10.5 Å². The molecule has 1 fully saturated rings.